The van der Waals surface area contributed by atoms with Crippen molar-refractivity contribution in [1.82, 2.24) is 18.9 Å². The smallest absolute Gasteiger partial charge is 0.161 e. The van der Waals surface area contributed by atoms with Gasteiger partial charge >= 0.3 is 0 Å². The van der Waals surface area contributed by atoms with Crippen LogP contribution in [-0.2, 0) is 0 Å². The van der Waals surface area contributed by atoms with Gasteiger partial charge < -0.3 is 0 Å². The molecule has 3 aromatic heterocycles. The van der Waals surface area contributed by atoms with Gasteiger partial charge in [0.05, 0.1) is 27.9 Å². The van der Waals surface area contributed by atoms with Crippen molar-refractivity contribution < 1.29 is 0 Å². The molecule has 0 atom stereocenters. The molecule has 12 rings (SSSR count). The molecule has 0 bridgehead atoms. The third-order valence-corrected chi connectivity index (χ3v) is 11.9. The van der Waals surface area contributed by atoms with Crippen LogP contribution in [0.1, 0.15) is 0 Å². The number of imidazole rings is 1. The van der Waals surface area contributed by atoms with Crippen molar-refractivity contribution in [2.75, 3.05) is 0 Å². The number of nitrogens with zero attached hydrogens (tertiary/aromatic N) is 4. The Kier molecular flexibility index (Phi) is 7.82. The molecule has 12 aromatic rings. The fourth-order valence-corrected chi connectivity index (χ4v) is 9.17. The molecule has 0 saturated heterocycles. The first kappa shape index (κ1) is 34.0. The van der Waals surface area contributed by atoms with E-state index < -0.39 is 0 Å². The van der Waals surface area contributed by atoms with E-state index in [0.29, 0.717) is 5.82 Å². The second-order valence-electron chi connectivity index (χ2n) is 15.4. The predicted molar refractivity (Wildman–Crippen MR) is 250 cm³/mol. The maximum absolute atomic E-state index is 5.27. The average molecular weight is 765 g/mol. The molecule has 4 heteroatoms. The van der Waals surface area contributed by atoms with E-state index in [4.69, 9.17) is 9.97 Å². The Labute approximate surface area is 346 Å². The van der Waals surface area contributed by atoms with Gasteiger partial charge in [-0.15, -0.1) is 0 Å². The first-order valence-electron chi connectivity index (χ1n) is 20.4. The van der Waals surface area contributed by atoms with Crippen LogP contribution in [0, 0.1) is 0 Å². The van der Waals surface area contributed by atoms with Crippen LogP contribution in [0.3, 0.4) is 0 Å². The van der Waals surface area contributed by atoms with Crippen LogP contribution in [0.15, 0.2) is 218 Å². The van der Waals surface area contributed by atoms with Gasteiger partial charge in [0.2, 0.25) is 0 Å². The number of para-hydroxylation sites is 3. The zero-order chi connectivity index (χ0) is 39.6. The minimum absolute atomic E-state index is 0.710. The molecule has 4 nitrogen and oxygen atoms in total. The molecule has 0 fully saturated rings. The van der Waals surface area contributed by atoms with Crippen molar-refractivity contribution in [2.24, 2.45) is 0 Å². The molecule has 0 saturated carbocycles. The highest BCUT2D eigenvalue weighted by atomic mass is 15.1. The van der Waals surface area contributed by atoms with Crippen molar-refractivity contribution in [1.29, 1.82) is 0 Å². The SMILES string of the molecule is c1ccc(-c2c3ccccc3n3c4ccccc4n(-c4cccc(-c5ccc(-c6cc(-c7cccc8ccccc78)nc(-c7cccc8ccccc78)n6)cc5)c4)c23)cc1. The Morgan fingerprint density at radius 2 is 0.883 bits per heavy atom. The summed E-state index contributed by atoms with van der Waals surface area (Å²) in [6.07, 6.45) is 0. The van der Waals surface area contributed by atoms with Crippen LogP contribution < -0.4 is 0 Å². The molecule has 3 heterocycles. The highest BCUT2D eigenvalue weighted by molar-refractivity contribution is 6.09. The normalized spacial score (nSPS) is 11.7. The Morgan fingerprint density at radius 3 is 1.65 bits per heavy atom. The summed E-state index contributed by atoms with van der Waals surface area (Å²) >= 11 is 0. The van der Waals surface area contributed by atoms with Gasteiger partial charge in [0.15, 0.2) is 5.82 Å². The van der Waals surface area contributed by atoms with Gasteiger partial charge in [-0.1, -0.05) is 182 Å². The lowest BCUT2D eigenvalue weighted by molar-refractivity contribution is 1.15. The van der Waals surface area contributed by atoms with E-state index in [1.54, 1.807) is 0 Å². The molecule has 0 aliphatic carbocycles. The lowest BCUT2D eigenvalue weighted by atomic mass is 9.98. The number of benzene rings is 9. The lowest BCUT2D eigenvalue weighted by Crippen LogP contribution is -1.97. The van der Waals surface area contributed by atoms with Gasteiger partial charge in [0, 0.05) is 33.3 Å². The van der Waals surface area contributed by atoms with Crippen LogP contribution in [0.4, 0.5) is 0 Å². The molecule has 0 unspecified atom stereocenters. The summed E-state index contributed by atoms with van der Waals surface area (Å²) in [6, 6.07) is 77.9. The largest absolute Gasteiger partial charge is 0.293 e. The average Bonchev–Trinajstić information content (AvgIpc) is 3.84. The summed E-state index contributed by atoms with van der Waals surface area (Å²) in [5, 5.41) is 5.89. The van der Waals surface area contributed by atoms with E-state index in [9.17, 15) is 0 Å². The fourth-order valence-electron chi connectivity index (χ4n) is 9.17. The Hall–Kier alpha value is -8.08. The third kappa shape index (κ3) is 5.46. The summed E-state index contributed by atoms with van der Waals surface area (Å²) < 4.78 is 4.86. The first-order valence-corrected chi connectivity index (χ1v) is 20.4. The zero-order valence-electron chi connectivity index (χ0n) is 32.6. The molecule has 280 valence electrons. The minimum atomic E-state index is 0.710. The molecule has 60 heavy (non-hydrogen) atoms. The molecular formula is C56H36N4. The van der Waals surface area contributed by atoms with E-state index >= 15 is 0 Å². The molecular weight excluding hydrogens is 729 g/mol. The number of rotatable bonds is 6. The Bertz CT molecular complexity index is 3490. The van der Waals surface area contributed by atoms with E-state index in [2.05, 4.69) is 227 Å². The Balaban J connectivity index is 0.998. The first-order chi connectivity index (χ1) is 29.8. The van der Waals surface area contributed by atoms with Crippen LogP contribution in [-0.4, -0.2) is 18.9 Å². The van der Waals surface area contributed by atoms with Crippen molar-refractivity contribution in [2.45, 2.75) is 0 Å². The van der Waals surface area contributed by atoms with E-state index in [1.807, 2.05) is 0 Å². The molecule has 0 radical (unpaired) electrons. The fraction of sp³-hybridized carbons (Fsp3) is 0. The molecule has 0 spiro atoms. The van der Waals surface area contributed by atoms with Crippen LogP contribution >= 0.6 is 0 Å². The maximum atomic E-state index is 5.27. The van der Waals surface area contributed by atoms with Gasteiger partial charge in [0.25, 0.3) is 0 Å². The molecule has 0 aliphatic rings. The van der Waals surface area contributed by atoms with Gasteiger partial charge in [-0.2, -0.15) is 0 Å². The van der Waals surface area contributed by atoms with E-state index in [0.717, 1.165) is 66.8 Å². The summed E-state index contributed by atoms with van der Waals surface area (Å²) in [5.41, 5.74) is 15.4. The van der Waals surface area contributed by atoms with Crippen LogP contribution in [0.25, 0.3) is 111 Å². The van der Waals surface area contributed by atoms with Gasteiger partial charge in [-0.25, -0.2) is 9.97 Å². The van der Waals surface area contributed by atoms with Crippen molar-refractivity contribution in [3.05, 3.63) is 218 Å². The molecule has 0 aliphatic heterocycles. The summed E-state index contributed by atoms with van der Waals surface area (Å²) in [4.78, 5) is 10.5. The zero-order valence-corrected chi connectivity index (χ0v) is 32.6. The number of fused-ring (bicyclic) bond motifs is 7. The maximum Gasteiger partial charge on any atom is 0.161 e. The van der Waals surface area contributed by atoms with Crippen LogP contribution in [0.2, 0.25) is 0 Å². The minimum Gasteiger partial charge on any atom is -0.293 e. The van der Waals surface area contributed by atoms with E-state index in [1.165, 1.54) is 38.3 Å². The molecule has 9 aromatic carbocycles. The second kappa shape index (κ2) is 13.8. The highest BCUT2D eigenvalue weighted by Gasteiger charge is 2.22. The number of hydrogen-bond acceptors (Lipinski definition) is 2. The van der Waals surface area contributed by atoms with Crippen molar-refractivity contribution >= 4 is 49.1 Å². The molecule has 0 N–H and O–H groups in total. The number of hydrogen-bond donors (Lipinski definition) is 0. The number of aromatic nitrogens is 4. The summed E-state index contributed by atoms with van der Waals surface area (Å²) in [7, 11) is 0. The Morgan fingerprint density at radius 1 is 0.333 bits per heavy atom. The van der Waals surface area contributed by atoms with Gasteiger partial charge in [-0.3, -0.25) is 8.97 Å². The standard InChI is InChI=1S/C56H36N4/c1-2-17-41(18-3-1)54-48-25-8-9-28-51(48)60-53-30-11-10-29-52(53)59(56(54)60)43-22-12-21-42(35-43)37-31-33-40(34-32-37)49-36-50(46-26-13-19-38-15-4-6-23-44(38)46)58-55(57-49)47-27-14-20-39-16-5-7-24-45(39)47/h1-36H. The van der Waals surface area contributed by atoms with Gasteiger partial charge in [0.1, 0.15) is 5.65 Å². The summed E-state index contributed by atoms with van der Waals surface area (Å²) in [5.74, 6) is 0.710. The lowest BCUT2D eigenvalue weighted by Gasteiger charge is -2.13. The van der Waals surface area contributed by atoms with Crippen molar-refractivity contribution in [3.63, 3.8) is 0 Å². The van der Waals surface area contributed by atoms with Gasteiger partial charge in [-0.05, 0) is 74.6 Å². The van der Waals surface area contributed by atoms with Crippen LogP contribution in [0.5, 0.6) is 0 Å². The third-order valence-electron chi connectivity index (χ3n) is 11.9. The molecule has 0 amide bonds. The summed E-state index contributed by atoms with van der Waals surface area (Å²) in [6.45, 7) is 0. The van der Waals surface area contributed by atoms with Crippen molar-refractivity contribution in [3.8, 4) is 61.8 Å². The monoisotopic (exact) mass is 764 g/mol. The van der Waals surface area contributed by atoms with E-state index in [-0.39, 0.29) is 0 Å². The quantitative estimate of drug-likeness (QED) is 0.169. The topological polar surface area (TPSA) is 35.1 Å². The highest BCUT2D eigenvalue weighted by Crippen LogP contribution is 2.41. The predicted octanol–water partition coefficient (Wildman–Crippen LogP) is 14.5. The second-order valence-corrected chi connectivity index (χ2v) is 15.4.